The molecule has 0 saturated carbocycles. The summed E-state index contributed by atoms with van der Waals surface area (Å²) in [5, 5.41) is 7.87. The van der Waals surface area contributed by atoms with E-state index in [1.54, 1.807) is 0 Å². The molecule has 1 aromatic heterocycles. The van der Waals surface area contributed by atoms with E-state index in [9.17, 15) is 0 Å². The zero-order valence-electron chi connectivity index (χ0n) is 11.6. The van der Waals surface area contributed by atoms with E-state index in [-0.39, 0.29) is 0 Å². The summed E-state index contributed by atoms with van der Waals surface area (Å²) in [6, 6.07) is 0.705. The number of rotatable bonds is 9. The molecule has 0 amide bonds. The van der Waals surface area contributed by atoms with Crippen LogP contribution < -0.4 is 5.32 Å². The van der Waals surface area contributed by atoms with Crippen molar-refractivity contribution in [2.75, 3.05) is 6.54 Å². The molecule has 0 bridgehead atoms. The molecule has 3 nitrogen and oxygen atoms in total. The molecule has 17 heavy (non-hydrogen) atoms. The Morgan fingerprint density at radius 3 is 2.71 bits per heavy atom. The number of nitrogens with one attached hydrogen (secondary N) is 1. The molecule has 0 spiro atoms. The molecule has 0 saturated heterocycles. The summed E-state index contributed by atoms with van der Waals surface area (Å²) >= 11 is 0. The quantitative estimate of drug-likeness (QED) is 0.715. The first-order chi connectivity index (χ1) is 8.26. The molecule has 1 unspecified atom stereocenters. The molecule has 1 atom stereocenters. The Hall–Kier alpha value is -0.830. The summed E-state index contributed by atoms with van der Waals surface area (Å²) in [5.41, 5.74) is 1.32. The van der Waals surface area contributed by atoms with Crippen LogP contribution in [0.2, 0.25) is 0 Å². The van der Waals surface area contributed by atoms with Crippen molar-refractivity contribution in [1.29, 1.82) is 0 Å². The SMILES string of the molecule is CCCCC(CCC)NCCc1cnn(C)c1. The first kappa shape index (κ1) is 14.2. The van der Waals surface area contributed by atoms with E-state index in [4.69, 9.17) is 0 Å². The van der Waals surface area contributed by atoms with Crippen LogP contribution in [0.15, 0.2) is 12.4 Å². The fraction of sp³-hybridized carbons (Fsp3) is 0.786. The second-order valence-electron chi connectivity index (χ2n) is 4.85. The second kappa shape index (κ2) is 8.29. The third-order valence-corrected chi connectivity index (χ3v) is 3.15. The highest BCUT2D eigenvalue weighted by Gasteiger charge is 2.06. The molecule has 0 aromatic carbocycles. The molecule has 0 aliphatic carbocycles. The first-order valence-corrected chi connectivity index (χ1v) is 6.97. The summed E-state index contributed by atoms with van der Waals surface area (Å²) < 4.78 is 1.87. The number of aromatic nitrogens is 2. The molecule has 0 aliphatic rings. The van der Waals surface area contributed by atoms with Crippen molar-refractivity contribution < 1.29 is 0 Å². The topological polar surface area (TPSA) is 29.9 Å². The Morgan fingerprint density at radius 1 is 1.29 bits per heavy atom. The van der Waals surface area contributed by atoms with Crippen LogP contribution in [0.25, 0.3) is 0 Å². The summed E-state index contributed by atoms with van der Waals surface area (Å²) in [6.45, 7) is 5.60. The Balaban J connectivity index is 2.21. The maximum atomic E-state index is 4.19. The van der Waals surface area contributed by atoms with Gasteiger partial charge in [0.15, 0.2) is 0 Å². The van der Waals surface area contributed by atoms with E-state index in [1.165, 1.54) is 37.7 Å². The van der Waals surface area contributed by atoms with Gasteiger partial charge in [0.05, 0.1) is 6.20 Å². The van der Waals surface area contributed by atoms with Crippen LogP contribution in [-0.2, 0) is 13.5 Å². The number of hydrogen-bond acceptors (Lipinski definition) is 2. The van der Waals surface area contributed by atoms with Gasteiger partial charge < -0.3 is 5.32 Å². The molecule has 1 heterocycles. The smallest absolute Gasteiger partial charge is 0.0522 e. The normalized spacial score (nSPS) is 12.9. The zero-order chi connectivity index (χ0) is 12.5. The minimum Gasteiger partial charge on any atom is -0.314 e. The van der Waals surface area contributed by atoms with Gasteiger partial charge in [-0.25, -0.2) is 0 Å². The van der Waals surface area contributed by atoms with Crippen molar-refractivity contribution >= 4 is 0 Å². The number of unbranched alkanes of at least 4 members (excludes halogenated alkanes) is 1. The highest BCUT2D eigenvalue weighted by atomic mass is 15.2. The van der Waals surface area contributed by atoms with Gasteiger partial charge in [0.1, 0.15) is 0 Å². The summed E-state index contributed by atoms with van der Waals surface area (Å²) in [5.74, 6) is 0. The van der Waals surface area contributed by atoms with Crippen LogP contribution in [0.4, 0.5) is 0 Å². The number of hydrogen-bond donors (Lipinski definition) is 1. The van der Waals surface area contributed by atoms with Crippen molar-refractivity contribution in [3.05, 3.63) is 18.0 Å². The van der Waals surface area contributed by atoms with Crippen molar-refractivity contribution in [2.45, 2.75) is 58.4 Å². The Labute approximate surface area is 106 Å². The van der Waals surface area contributed by atoms with E-state index in [2.05, 4.69) is 30.5 Å². The predicted molar refractivity (Wildman–Crippen MR) is 73.1 cm³/mol. The molecule has 0 fully saturated rings. The maximum absolute atomic E-state index is 4.19. The maximum Gasteiger partial charge on any atom is 0.0522 e. The molecule has 1 rings (SSSR count). The van der Waals surface area contributed by atoms with Gasteiger partial charge in [-0.15, -0.1) is 0 Å². The van der Waals surface area contributed by atoms with Gasteiger partial charge in [0.25, 0.3) is 0 Å². The lowest BCUT2D eigenvalue weighted by molar-refractivity contribution is 0.438. The van der Waals surface area contributed by atoms with Gasteiger partial charge in [0.2, 0.25) is 0 Å². The van der Waals surface area contributed by atoms with E-state index < -0.39 is 0 Å². The molecule has 1 aromatic rings. The van der Waals surface area contributed by atoms with Crippen LogP contribution >= 0.6 is 0 Å². The Kier molecular flexibility index (Phi) is 6.94. The van der Waals surface area contributed by atoms with Gasteiger partial charge in [-0.3, -0.25) is 4.68 Å². The second-order valence-corrected chi connectivity index (χ2v) is 4.85. The van der Waals surface area contributed by atoms with Crippen molar-refractivity contribution in [1.82, 2.24) is 15.1 Å². The molecule has 3 heteroatoms. The largest absolute Gasteiger partial charge is 0.314 e. The fourth-order valence-corrected chi connectivity index (χ4v) is 2.17. The van der Waals surface area contributed by atoms with Crippen molar-refractivity contribution in [3.8, 4) is 0 Å². The lowest BCUT2D eigenvalue weighted by Gasteiger charge is -2.17. The molecule has 0 aliphatic heterocycles. The third-order valence-electron chi connectivity index (χ3n) is 3.15. The summed E-state index contributed by atoms with van der Waals surface area (Å²) in [6.07, 6.45) is 11.7. The summed E-state index contributed by atoms with van der Waals surface area (Å²) in [7, 11) is 1.97. The first-order valence-electron chi connectivity index (χ1n) is 6.97. The molecular weight excluding hydrogens is 210 g/mol. The lowest BCUT2D eigenvalue weighted by Crippen LogP contribution is -2.30. The third kappa shape index (κ3) is 5.87. The van der Waals surface area contributed by atoms with Gasteiger partial charge >= 0.3 is 0 Å². The summed E-state index contributed by atoms with van der Waals surface area (Å²) in [4.78, 5) is 0. The minimum atomic E-state index is 0.705. The van der Waals surface area contributed by atoms with Crippen LogP contribution in [0.5, 0.6) is 0 Å². The average molecular weight is 237 g/mol. The van der Waals surface area contributed by atoms with Crippen molar-refractivity contribution in [3.63, 3.8) is 0 Å². The van der Waals surface area contributed by atoms with E-state index in [0.29, 0.717) is 6.04 Å². The Bertz CT molecular complexity index is 293. The number of nitrogens with zero attached hydrogens (tertiary/aromatic N) is 2. The lowest BCUT2D eigenvalue weighted by atomic mass is 10.0. The van der Waals surface area contributed by atoms with Crippen LogP contribution in [0.1, 0.15) is 51.5 Å². The zero-order valence-corrected chi connectivity index (χ0v) is 11.6. The molecule has 98 valence electrons. The fourth-order valence-electron chi connectivity index (χ4n) is 2.17. The molecule has 1 N–H and O–H groups in total. The monoisotopic (exact) mass is 237 g/mol. The van der Waals surface area contributed by atoms with Crippen LogP contribution in [0, 0.1) is 0 Å². The molecule has 0 radical (unpaired) electrons. The van der Waals surface area contributed by atoms with E-state index in [1.807, 2.05) is 17.9 Å². The Morgan fingerprint density at radius 2 is 2.12 bits per heavy atom. The van der Waals surface area contributed by atoms with E-state index >= 15 is 0 Å². The van der Waals surface area contributed by atoms with Crippen LogP contribution in [-0.4, -0.2) is 22.4 Å². The van der Waals surface area contributed by atoms with E-state index in [0.717, 1.165) is 13.0 Å². The van der Waals surface area contributed by atoms with Gasteiger partial charge in [-0.1, -0.05) is 33.1 Å². The van der Waals surface area contributed by atoms with Gasteiger partial charge in [-0.05, 0) is 31.4 Å². The predicted octanol–water partition coefficient (Wildman–Crippen LogP) is 2.91. The standard InChI is InChI=1S/C14H27N3/c1-4-6-8-14(7-5-2)15-10-9-13-11-16-17(3)12-13/h11-12,14-15H,4-10H2,1-3H3. The van der Waals surface area contributed by atoms with Gasteiger partial charge in [0, 0.05) is 19.3 Å². The minimum absolute atomic E-state index is 0.705. The number of aryl methyl sites for hydroxylation is 1. The average Bonchev–Trinajstić information content (AvgIpc) is 2.72. The van der Waals surface area contributed by atoms with Gasteiger partial charge in [-0.2, -0.15) is 5.10 Å². The highest BCUT2D eigenvalue weighted by Crippen LogP contribution is 2.07. The van der Waals surface area contributed by atoms with Crippen molar-refractivity contribution in [2.24, 2.45) is 7.05 Å². The van der Waals surface area contributed by atoms with Crippen LogP contribution in [0.3, 0.4) is 0 Å². The highest BCUT2D eigenvalue weighted by molar-refractivity contribution is 5.03. The molecular formula is C14H27N3.